The molecule has 0 atom stereocenters. The molecule has 0 aliphatic heterocycles. The number of benzene rings is 2. The van der Waals surface area contributed by atoms with Gasteiger partial charge in [0.2, 0.25) is 0 Å². The largest absolute Gasteiger partial charge is 0.452 e. The summed E-state index contributed by atoms with van der Waals surface area (Å²) < 4.78 is 5.15. The lowest BCUT2D eigenvalue weighted by Gasteiger charge is -2.21. The minimum atomic E-state index is -0.558. The van der Waals surface area contributed by atoms with E-state index >= 15 is 0 Å². The van der Waals surface area contributed by atoms with Crippen LogP contribution in [0.15, 0.2) is 54.6 Å². The summed E-state index contributed by atoms with van der Waals surface area (Å²) in [5.74, 6) is -0.929. The first-order valence-corrected chi connectivity index (χ1v) is 8.20. The third-order valence-electron chi connectivity index (χ3n) is 3.76. The van der Waals surface area contributed by atoms with Gasteiger partial charge in [0.1, 0.15) is 0 Å². The average Bonchev–Trinajstić information content (AvgIpc) is 2.67. The molecule has 0 heterocycles. The number of rotatable bonds is 7. The zero-order chi connectivity index (χ0) is 18.9. The van der Waals surface area contributed by atoms with E-state index in [4.69, 9.17) is 10.00 Å². The quantitative estimate of drug-likeness (QED) is 0.717. The number of anilines is 2. The van der Waals surface area contributed by atoms with Gasteiger partial charge in [-0.3, -0.25) is 4.79 Å². The van der Waals surface area contributed by atoms with E-state index in [1.807, 2.05) is 43.3 Å². The topological polar surface area (TPSA) is 73.6 Å². The summed E-state index contributed by atoms with van der Waals surface area (Å²) in [6.45, 7) is -0.136. The number of nitriles is 1. The number of ether oxygens (including phenoxy) is 1. The van der Waals surface area contributed by atoms with E-state index < -0.39 is 5.97 Å². The molecule has 2 rings (SSSR count). The van der Waals surface area contributed by atoms with Crippen molar-refractivity contribution >= 4 is 23.3 Å². The maximum Gasteiger partial charge on any atom is 0.338 e. The Bertz CT molecular complexity index is 780. The maximum atomic E-state index is 12.5. The van der Waals surface area contributed by atoms with Crippen molar-refractivity contribution in [3.8, 4) is 6.07 Å². The molecule has 0 unspecified atom stereocenters. The zero-order valence-electron chi connectivity index (χ0n) is 14.9. The second kappa shape index (κ2) is 9.23. The lowest BCUT2D eigenvalue weighted by atomic mass is 10.2. The summed E-state index contributed by atoms with van der Waals surface area (Å²) in [6, 6.07) is 18.0. The number of esters is 1. The maximum absolute atomic E-state index is 12.5. The predicted molar refractivity (Wildman–Crippen MR) is 100 cm³/mol. The molecule has 0 fully saturated rings. The molecule has 134 valence electrons. The van der Waals surface area contributed by atoms with Gasteiger partial charge >= 0.3 is 5.97 Å². The molecular formula is C20H21N3O3. The van der Waals surface area contributed by atoms with Gasteiger partial charge < -0.3 is 14.5 Å². The van der Waals surface area contributed by atoms with E-state index in [-0.39, 0.29) is 25.5 Å². The molecule has 6 heteroatoms. The molecule has 0 spiro atoms. The SMILES string of the molecule is CN(C)c1ccc(C(=O)OCC(=O)N(CCC#N)c2ccccc2)cc1. The lowest BCUT2D eigenvalue weighted by Crippen LogP contribution is -2.35. The highest BCUT2D eigenvalue weighted by Crippen LogP contribution is 2.15. The molecule has 6 nitrogen and oxygen atoms in total. The second-order valence-corrected chi connectivity index (χ2v) is 5.81. The number of amides is 1. The number of hydrogen-bond acceptors (Lipinski definition) is 5. The molecule has 0 aliphatic carbocycles. The fraction of sp³-hybridized carbons (Fsp3) is 0.250. The summed E-state index contributed by atoms with van der Waals surface area (Å²) in [4.78, 5) is 28.0. The Balaban J connectivity index is 2.00. The molecule has 0 saturated heterocycles. The van der Waals surface area contributed by atoms with E-state index in [9.17, 15) is 9.59 Å². The van der Waals surface area contributed by atoms with Crippen LogP contribution in [0.25, 0.3) is 0 Å². The molecule has 1 amide bonds. The number of nitrogens with zero attached hydrogens (tertiary/aromatic N) is 3. The van der Waals surface area contributed by atoms with Crippen molar-refractivity contribution < 1.29 is 14.3 Å². The molecule has 0 saturated carbocycles. The Morgan fingerprint density at radius 1 is 1.00 bits per heavy atom. The predicted octanol–water partition coefficient (Wildman–Crippen LogP) is 2.86. The van der Waals surface area contributed by atoms with E-state index in [0.29, 0.717) is 11.3 Å². The Morgan fingerprint density at radius 3 is 2.23 bits per heavy atom. The van der Waals surface area contributed by atoms with Crippen LogP contribution >= 0.6 is 0 Å². The van der Waals surface area contributed by atoms with Gasteiger partial charge in [-0.2, -0.15) is 5.26 Å². The van der Waals surface area contributed by atoms with Crippen LogP contribution in [0.4, 0.5) is 11.4 Å². The number of para-hydroxylation sites is 1. The van der Waals surface area contributed by atoms with Crippen LogP contribution in [-0.2, 0) is 9.53 Å². The minimum absolute atomic E-state index is 0.195. The van der Waals surface area contributed by atoms with E-state index in [0.717, 1.165) is 5.69 Å². The molecule has 26 heavy (non-hydrogen) atoms. The summed E-state index contributed by atoms with van der Waals surface area (Å²) in [7, 11) is 3.82. The first-order valence-electron chi connectivity index (χ1n) is 8.20. The molecule has 2 aromatic rings. The van der Waals surface area contributed by atoms with Gasteiger partial charge in [-0.1, -0.05) is 18.2 Å². The van der Waals surface area contributed by atoms with Crippen molar-refractivity contribution in [1.29, 1.82) is 5.26 Å². The van der Waals surface area contributed by atoms with Gasteiger partial charge in [-0.05, 0) is 36.4 Å². The first kappa shape index (κ1) is 19.0. The van der Waals surface area contributed by atoms with E-state index in [1.165, 1.54) is 4.90 Å². The summed E-state index contributed by atoms with van der Waals surface area (Å²) >= 11 is 0. The van der Waals surface area contributed by atoms with Gasteiger partial charge in [0, 0.05) is 32.0 Å². The Morgan fingerprint density at radius 2 is 1.65 bits per heavy atom. The van der Waals surface area contributed by atoms with Crippen LogP contribution in [0.3, 0.4) is 0 Å². The standard InChI is InChI=1S/C20H21N3O3/c1-22(2)17-11-9-16(10-12-17)20(25)26-15-19(24)23(14-6-13-21)18-7-4-3-5-8-18/h3-5,7-12H,6,14-15H2,1-2H3. The van der Waals surface area contributed by atoms with Gasteiger partial charge in [0.05, 0.1) is 18.1 Å². The van der Waals surface area contributed by atoms with Gasteiger partial charge in [-0.25, -0.2) is 4.79 Å². The van der Waals surface area contributed by atoms with Gasteiger partial charge in [-0.15, -0.1) is 0 Å². The second-order valence-electron chi connectivity index (χ2n) is 5.81. The molecule has 2 aromatic carbocycles. The smallest absolute Gasteiger partial charge is 0.338 e. The van der Waals surface area contributed by atoms with Crippen molar-refractivity contribution in [3.63, 3.8) is 0 Å². The summed E-state index contributed by atoms with van der Waals surface area (Å²) in [5.41, 5.74) is 2.01. The highest BCUT2D eigenvalue weighted by molar-refractivity contribution is 5.97. The van der Waals surface area contributed by atoms with Gasteiger partial charge in [0.25, 0.3) is 5.91 Å². The van der Waals surface area contributed by atoms with Crippen molar-refractivity contribution in [3.05, 3.63) is 60.2 Å². The van der Waals surface area contributed by atoms with Crippen molar-refractivity contribution in [2.24, 2.45) is 0 Å². The molecule has 0 bridgehead atoms. The van der Waals surface area contributed by atoms with E-state index in [1.54, 1.807) is 36.4 Å². The number of carbonyl (C=O) groups is 2. The summed E-state index contributed by atoms with van der Waals surface area (Å²) in [5, 5.41) is 8.80. The highest BCUT2D eigenvalue weighted by Gasteiger charge is 2.18. The molecule has 0 aromatic heterocycles. The van der Waals surface area contributed by atoms with Crippen LogP contribution in [0.2, 0.25) is 0 Å². The Kier molecular flexibility index (Phi) is 6.75. The Hall–Kier alpha value is -3.33. The summed E-state index contributed by atoms with van der Waals surface area (Å²) in [6.07, 6.45) is 0.195. The van der Waals surface area contributed by atoms with Crippen LogP contribution in [0.1, 0.15) is 16.8 Å². The minimum Gasteiger partial charge on any atom is -0.452 e. The van der Waals surface area contributed by atoms with Gasteiger partial charge in [0.15, 0.2) is 6.61 Å². The van der Waals surface area contributed by atoms with Crippen LogP contribution in [0, 0.1) is 11.3 Å². The lowest BCUT2D eigenvalue weighted by molar-refractivity contribution is -0.121. The first-order chi connectivity index (χ1) is 12.5. The molecule has 0 N–H and O–H groups in total. The third kappa shape index (κ3) is 5.08. The fourth-order valence-corrected chi connectivity index (χ4v) is 2.35. The molecule has 0 radical (unpaired) electrons. The van der Waals surface area contributed by atoms with Crippen molar-refractivity contribution in [2.45, 2.75) is 6.42 Å². The fourth-order valence-electron chi connectivity index (χ4n) is 2.35. The molecular weight excluding hydrogens is 330 g/mol. The van der Waals surface area contributed by atoms with E-state index in [2.05, 4.69) is 0 Å². The third-order valence-corrected chi connectivity index (χ3v) is 3.76. The van der Waals surface area contributed by atoms with Crippen molar-refractivity contribution in [1.82, 2.24) is 0 Å². The average molecular weight is 351 g/mol. The number of hydrogen-bond donors (Lipinski definition) is 0. The normalized spacial score (nSPS) is 9.88. The monoisotopic (exact) mass is 351 g/mol. The molecule has 0 aliphatic rings. The van der Waals surface area contributed by atoms with Crippen molar-refractivity contribution in [2.75, 3.05) is 37.0 Å². The highest BCUT2D eigenvalue weighted by atomic mass is 16.5. The Labute approximate surface area is 153 Å². The zero-order valence-corrected chi connectivity index (χ0v) is 14.9. The van der Waals surface area contributed by atoms with Crippen LogP contribution in [-0.4, -0.2) is 39.1 Å². The van der Waals surface area contributed by atoms with Crippen LogP contribution in [0.5, 0.6) is 0 Å². The van der Waals surface area contributed by atoms with Crippen LogP contribution < -0.4 is 9.80 Å². The number of carbonyl (C=O) groups excluding carboxylic acids is 2.